The molecule has 0 saturated heterocycles. The Balaban J connectivity index is 0.00000400. The molecule has 0 aliphatic rings. The maximum atomic E-state index is 12.1. The Bertz CT molecular complexity index is 489. The van der Waals surface area contributed by atoms with Gasteiger partial charge in [-0.1, -0.05) is 6.92 Å². The van der Waals surface area contributed by atoms with E-state index in [2.05, 4.69) is 5.32 Å². The van der Waals surface area contributed by atoms with E-state index in [0.29, 0.717) is 36.6 Å². The van der Waals surface area contributed by atoms with Crippen LogP contribution in [0.2, 0.25) is 0 Å². The Morgan fingerprint density at radius 1 is 1.33 bits per heavy atom. The van der Waals surface area contributed by atoms with Crippen LogP contribution in [0, 0.1) is 6.92 Å². The van der Waals surface area contributed by atoms with E-state index in [-0.39, 0.29) is 24.3 Å². The zero-order valence-corrected chi connectivity index (χ0v) is 14.3. The van der Waals surface area contributed by atoms with Crippen molar-refractivity contribution < 1.29 is 14.3 Å². The van der Waals surface area contributed by atoms with Crippen LogP contribution in [0.15, 0.2) is 0 Å². The molecule has 1 rings (SSSR count). The van der Waals surface area contributed by atoms with Crippen molar-refractivity contribution in [2.24, 2.45) is 5.73 Å². The summed E-state index contributed by atoms with van der Waals surface area (Å²) >= 11 is 1.42. The molecule has 5 nitrogen and oxygen atoms in total. The topological polar surface area (TPSA) is 81.4 Å². The summed E-state index contributed by atoms with van der Waals surface area (Å²) in [5.41, 5.74) is 6.83. The maximum absolute atomic E-state index is 12.1. The zero-order chi connectivity index (χ0) is 15.1. The first-order valence-electron chi connectivity index (χ1n) is 6.84. The lowest BCUT2D eigenvalue weighted by Gasteiger charge is -2.07. The van der Waals surface area contributed by atoms with Gasteiger partial charge in [0.2, 0.25) is 5.91 Å². The van der Waals surface area contributed by atoms with Crippen LogP contribution in [0.25, 0.3) is 0 Å². The number of amides is 1. The van der Waals surface area contributed by atoms with Crippen molar-refractivity contribution in [1.29, 1.82) is 0 Å². The first-order valence-corrected chi connectivity index (χ1v) is 7.66. The summed E-state index contributed by atoms with van der Waals surface area (Å²) in [7, 11) is 0. The number of thiophene rings is 1. The van der Waals surface area contributed by atoms with Crippen molar-refractivity contribution in [3.63, 3.8) is 0 Å². The van der Waals surface area contributed by atoms with Crippen LogP contribution in [0.5, 0.6) is 0 Å². The first kappa shape index (κ1) is 19.9. The van der Waals surface area contributed by atoms with Gasteiger partial charge in [0.25, 0.3) is 0 Å². The van der Waals surface area contributed by atoms with Gasteiger partial charge < -0.3 is 15.8 Å². The highest BCUT2D eigenvalue weighted by Crippen LogP contribution is 2.34. The molecule has 0 bridgehead atoms. The van der Waals surface area contributed by atoms with Gasteiger partial charge in [0.15, 0.2) is 0 Å². The Morgan fingerprint density at radius 3 is 2.52 bits per heavy atom. The van der Waals surface area contributed by atoms with Gasteiger partial charge in [0.1, 0.15) is 5.00 Å². The van der Waals surface area contributed by atoms with Crippen LogP contribution in [0.1, 0.15) is 47.5 Å². The van der Waals surface area contributed by atoms with Crippen molar-refractivity contribution in [2.45, 2.75) is 40.0 Å². The average molecular weight is 335 g/mol. The number of nitrogens with two attached hydrogens (primary N) is 1. The van der Waals surface area contributed by atoms with Gasteiger partial charge in [0, 0.05) is 11.3 Å². The molecule has 0 aromatic carbocycles. The molecule has 0 unspecified atom stereocenters. The van der Waals surface area contributed by atoms with Crippen LogP contribution >= 0.6 is 23.7 Å². The van der Waals surface area contributed by atoms with Crippen molar-refractivity contribution >= 4 is 40.6 Å². The molecule has 0 atom stereocenters. The highest BCUT2D eigenvalue weighted by molar-refractivity contribution is 7.16. The van der Waals surface area contributed by atoms with E-state index in [1.165, 1.54) is 11.3 Å². The van der Waals surface area contributed by atoms with Gasteiger partial charge in [-0.05, 0) is 38.8 Å². The fraction of sp³-hybridized carbons (Fsp3) is 0.571. The van der Waals surface area contributed by atoms with E-state index in [1.807, 2.05) is 13.8 Å². The van der Waals surface area contributed by atoms with Crippen LogP contribution in [0.3, 0.4) is 0 Å². The summed E-state index contributed by atoms with van der Waals surface area (Å²) in [6.45, 7) is 6.49. The summed E-state index contributed by atoms with van der Waals surface area (Å²) in [5.74, 6) is -0.493. The van der Waals surface area contributed by atoms with Crippen LogP contribution in [-0.4, -0.2) is 25.0 Å². The number of carbonyl (C=O) groups excluding carboxylic acids is 2. The number of carbonyl (C=O) groups is 2. The Hall–Kier alpha value is -1.11. The minimum atomic E-state index is -0.372. The van der Waals surface area contributed by atoms with Crippen LogP contribution < -0.4 is 11.1 Å². The Morgan fingerprint density at radius 2 is 2.00 bits per heavy atom. The lowest BCUT2D eigenvalue weighted by Crippen LogP contribution is -2.16. The molecule has 1 heterocycles. The second-order valence-corrected chi connectivity index (χ2v) is 5.58. The Labute approximate surface area is 135 Å². The van der Waals surface area contributed by atoms with Crippen LogP contribution in [0.4, 0.5) is 5.00 Å². The number of rotatable bonds is 7. The van der Waals surface area contributed by atoms with E-state index in [0.717, 1.165) is 16.9 Å². The van der Waals surface area contributed by atoms with Gasteiger partial charge in [-0.15, -0.1) is 23.7 Å². The second kappa shape index (κ2) is 9.76. The monoisotopic (exact) mass is 334 g/mol. The lowest BCUT2D eigenvalue weighted by molar-refractivity contribution is -0.116. The number of halogens is 1. The number of nitrogens with one attached hydrogen (secondary N) is 1. The van der Waals surface area contributed by atoms with Crippen LogP contribution in [-0.2, 0) is 16.0 Å². The third-order valence-corrected chi connectivity index (χ3v) is 3.97. The largest absolute Gasteiger partial charge is 0.462 e. The highest BCUT2D eigenvalue weighted by Gasteiger charge is 2.23. The fourth-order valence-corrected chi connectivity index (χ4v) is 3.11. The predicted octanol–water partition coefficient (Wildman–Crippen LogP) is 2.89. The van der Waals surface area contributed by atoms with E-state index < -0.39 is 0 Å². The van der Waals surface area contributed by atoms with Crippen molar-refractivity contribution in [3.8, 4) is 0 Å². The van der Waals surface area contributed by atoms with Gasteiger partial charge in [-0.2, -0.15) is 0 Å². The minimum absolute atomic E-state index is 0. The van der Waals surface area contributed by atoms with Gasteiger partial charge in [-0.25, -0.2) is 4.79 Å². The lowest BCUT2D eigenvalue weighted by atomic mass is 10.1. The predicted molar refractivity (Wildman–Crippen MR) is 88.6 cm³/mol. The molecule has 0 saturated carbocycles. The minimum Gasteiger partial charge on any atom is -0.462 e. The summed E-state index contributed by atoms with van der Waals surface area (Å²) in [5, 5.41) is 3.39. The second-order valence-electron chi connectivity index (χ2n) is 4.36. The molecule has 0 fully saturated rings. The van der Waals surface area contributed by atoms with Gasteiger partial charge in [-0.3, -0.25) is 4.79 Å². The molecular formula is C14H23ClN2O3S. The summed E-state index contributed by atoms with van der Waals surface area (Å²) in [6, 6.07) is 0. The summed E-state index contributed by atoms with van der Waals surface area (Å²) in [6.07, 6.45) is 1.72. The maximum Gasteiger partial charge on any atom is 0.341 e. The molecule has 120 valence electrons. The molecule has 1 aromatic heterocycles. The SMILES string of the molecule is CCOC(=O)c1c(NC(=O)CCCN)sc(C)c1CC.Cl. The number of hydrogen-bond donors (Lipinski definition) is 2. The van der Waals surface area contributed by atoms with E-state index in [4.69, 9.17) is 10.5 Å². The molecule has 7 heteroatoms. The molecular weight excluding hydrogens is 312 g/mol. The number of ether oxygens (including phenoxy) is 1. The third kappa shape index (κ3) is 5.30. The number of hydrogen-bond acceptors (Lipinski definition) is 5. The van der Waals surface area contributed by atoms with Crippen molar-refractivity contribution in [3.05, 3.63) is 16.0 Å². The first-order chi connectivity index (χ1) is 9.54. The normalized spacial score (nSPS) is 9.90. The average Bonchev–Trinajstić information content (AvgIpc) is 2.72. The summed E-state index contributed by atoms with van der Waals surface area (Å²) in [4.78, 5) is 24.9. The molecule has 0 aliphatic heterocycles. The third-order valence-electron chi connectivity index (χ3n) is 2.90. The smallest absolute Gasteiger partial charge is 0.341 e. The zero-order valence-electron chi connectivity index (χ0n) is 12.7. The quantitative estimate of drug-likeness (QED) is 0.751. The summed E-state index contributed by atoms with van der Waals surface area (Å²) < 4.78 is 5.08. The standard InChI is InChI=1S/C14H22N2O3S.ClH/c1-4-10-9(3)20-13(12(10)14(18)19-5-2)16-11(17)7-6-8-15;/h4-8,15H2,1-3H3,(H,16,17);1H. The molecule has 1 aromatic rings. The molecule has 0 spiro atoms. The highest BCUT2D eigenvalue weighted by atomic mass is 35.5. The fourth-order valence-electron chi connectivity index (χ4n) is 1.96. The molecule has 0 radical (unpaired) electrons. The Kier molecular flexibility index (Phi) is 9.24. The molecule has 3 N–H and O–H groups in total. The van der Waals surface area contributed by atoms with E-state index in [1.54, 1.807) is 6.92 Å². The molecule has 1 amide bonds. The molecule has 21 heavy (non-hydrogen) atoms. The number of esters is 1. The van der Waals surface area contributed by atoms with Gasteiger partial charge in [0.05, 0.1) is 12.2 Å². The van der Waals surface area contributed by atoms with Crippen molar-refractivity contribution in [2.75, 3.05) is 18.5 Å². The number of anilines is 1. The van der Waals surface area contributed by atoms with Crippen molar-refractivity contribution in [1.82, 2.24) is 0 Å². The number of aryl methyl sites for hydroxylation is 1. The van der Waals surface area contributed by atoms with E-state index in [9.17, 15) is 9.59 Å². The molecule has 0 aliphatic carbocycles. The van der Waals surface area contributed by atoms with E-state index >= 15 is 0 Å². The van der Waals surface area contributed by atoms with Gasteiger partial charge >= 0.3 is 5.97 Å².